The Morgan fingerprint density at radius 3 is 2.45 bits per heavy atom. The number of ketones is 1. The van der Waals surface area contributed by atoms with Gasteiger partial charge in [0.25, 0.3) is 0 Å². The molecule has 0 aliphatic carbocycles. The standard InChI is InChI=1S/C25H22N2O4/c1-30-20-11-7-8-18(14-20)26-25(29)16-27-15-22(21-12-5-6-13-23(21)27)24(28)17-31-19-9-3-2-4-10-19/h2-15H,16-17H2,1H3,(H,26,29). The van der Waals surface area contributed by atoms with Gasteiger partial charge in [0.05, 0.1) is 7.11 Å². The number of methoxy groups -OCH3 is 1. The minimum Gasteiger partial charge on any atom is -0.497 e. The molecule has 4 aromatic rings. The van der Waals surface area contributed by atoms with Crippen LogP contribution in [-0.2, 0) is 11.3 Å². The summed E-state index contributed by atoms with van der Waals surface area (Å²) in [6.07, 6.45) is 1.71. The van der Waals surface area contributed by atoms with Crippen LogP contribution in [0.15, 0.2) is 85.1 Å². The molecule has 0 aliphatic rings. The third kappa shape index (κ3) is 4.75. The molecule has 1 aromatic heterocycles. The Balaban J connectivity index is 1.52. The Morgan fingerprint density at radius 1 is 0.903 bits per heavy atom. The number of amides is 1. The molecule has 0 bridgehead atoms. The number of Topliss-reactive ketones (excluding diaryl/α,β-unsaturated/α-hetero) is 1. The summed E-state index contributed by atoms with van der Waals surface area (Å²) in [4.78, 5) is 25.5. The molecule has 0 atom stereocenters. The monoisotopic (exact) mass is 414 g/mol. The molecule has 31 heavy (non-hydrogen) atoms. The van der Waals surface area contributed by atoms with E-state index in [1.165, 1.54) is 0 Å². The van der Waals surface area contributed by atoms with Crippen LogP contribution in [-0.4, -0.2) is 30.0 Å². The van der Waals surface area contributed by atoms with Gasteiger partial charge in [-0.3, -0.25) is 9.59 Å². The largest absolute Gasteiger partial charge is 0.497 e. The molecule has 1 N–H and O–H groups in total. The molecule has 0 unspecified atom stereocenters. The van der Waals surface area contributed by atoms with Crippen LogP contribution in [0.2, 0.25) is 0 Å². The third-order valence-corrected chi connectivity index (χ3v) is 4.87. The summed E-state index contributed by atoms with van der Waals surface area (Å²) in [7, 11) is 1.58. The van der Waals surface area contributed by atoms with Gasteiger partial charge in [-0.2, -0.15) is 0 Å². The molecule has 0 aliphatic heterocycles. The quantitative estimate of drug-likeness (QED) is 0.430. The van der Waals surface area contributed by atoms with Gasteiger partial charge in [0, 0.05) is 34.4 Å². The minimum absolute atomic E-state index is 0.0740. The highest BCUT2D eigenvalue weighted by molar-refractivity contribution is 6.09. The number of hydrogen-bond donors (Lipinski definition) is 1. The van der Waals surface area contributed by atoms with Gasteiger partial charge in [-0.1, -0.05) is 42.5 Å². The van der Waals surface area contributed by atoms with E-state index in [0.717, 1.165) is 10.9 Å². The molecule has 0 radical (unpaired) electrons. The summed E-state index contributed by atoms with van der Waals surface area (Å²) in [5.41, 5.74) is 1.99. The van der Waals surface area contributed by atoms with Gasteiger partial charge in [0.2, 0.25) is 11.7 Å². The van der Waals surface area contributed by atoms with Gasteiger partial charge in [-0.05, 0) is 30.3 Å². The maximum absolute atomic E-state index is 12.8. The molecule has 0 saturated heterocycles. The number of hydrogen-bond acceptors (Lipinski definition) is 4. The lowest BCUT2D eigenvalue weighted by atomic mass is 10.1. The summed E-state index contributed by atoms with van der Waals surface area (Å²) in [6.45, 7) is -0.00142. The smallest absolute Gasteiger partial charge is 0.244 e. The van der Waals surface area contributed by atoms with Crippen molar-refractivity contribution in [1.29, 1.82) is 0 Å². The van der Waals surface area contributed by atoms with Gasteiger partial charge in [-0.15, -0.1) is 0 Å². The van der Waals surface area contributed by atoms with E-state index in [4.69, 9.17) is 9.47 Å². The Morgan fingerprint density at radius 2 is 1.65 bits per heavy atom. The summed E-state index contributed by atoms with van der Waals surface area (Å²) >= 11 is 0. The number of nitrogens with zero attached hydrogens (tertiary/aromatic N) is 1. The highest BCUT2D eigenvalue weighted by Crippen LogP contribution is 2.23. The van der Waals surface area contributed by atoms with Gasteiger partial charge >= 0.3 is 0 Å². The second-order valence-electron chi connectivity index (χ2n) is 6.99. The van der Waals surface area contributed by atoms with Crippen LogP contribution in [0.5, 0.6) is 11.5 Å². The predicted octanol–water partition coefficient (Wildman–Crippen LogP) is 4.55. The number of rotatable bonds is 8. The summed E-state index contributed by atoms with van der Waals surface area (Å²) < 4.78 is 12.6. The molecule has 1 heterocycles. The molecule has 0 fully saturated rings. The Hall–Kier alpha value is -4.06. The number of aromatic nitrogens is 1. The van der Waals surface area contributed by atoms with Crippen LogP contribution in [0.4, 0.5) is 5.69 Å². The molecule has 4 rings (SSSR count). The molecule has 0 spiro atoms. The van der Waals surface area contributed by atoms with Crippen molar-refractivity contribution >= 4 is 28.3 Å². The first-order chi connectivity index (χ1) is 15.1. The van der Waals surface area contributed by atoms with Gasteiger partial charge in [0.1, 0.15) is 18.0 Å². The summed E-state index contributed by atoms with van der Waals surface area (Å²) in [5.74, 6) is 0.952. The van der Waals surface area contributed by atoms with Gasteiger partial charge < -0.3 is 19.4 Å². The van der Waals surface area contributed by atoms with Gasteiger partial charge in [-0.25, -0.2) is 0 Å². The summed E-state index contributed by atoms with van der Waals surface area (Å²) in [5, 5.41) is 3.66. The van der Waals surface area contributed by atoms with Crippen LogP contribution in [0.1, 0.15) is 10.4 Å². The first kappa shape index (κ1) is 20.2. The molecular formula is C25H22N2O4. The fourth-order valence-electron chi connectivity index (χ4n) is 3.40. The second kappa shape index (κ2) is 9.17. The fraction of sp³-hybridized carbons (Fsp3) is 0.120. The van der Waals surface area contributed by atoms with Crippen LogP contribution in [0.25, 0.3) is 10.9 Å². The van der Waals surface area contributed by atoms with Crippen LogP contribution in [0, 0.1) is 0 Å². The van der Waals surface area contributed by atoms with E-state index in [9.17, 15) is 9.59 Å². The zero-order chi connectivity index (χ0) is 21.6. The van der Waals surface area contributed by atoms with E-state index < -0.39 is 0 Å². The van der Waals surface area contributed by atoms with Crippen molar-refractivity contribution in [2.45, 2.75) is 6.54 Å². The Bertz CT molecular complexity index is 1210. The number of fused-ring (bicyclic) bond motifs is 1. The van der Waals surface area contributed by atoms with E-state index in [1.54, 1.807) is 42.1 Å². The topological polar surface area (TPSA) is 69.6 Å². The van der Waals surface area contributed by atoms with Crippen LogP contribution >= 0.6 is 0 Å². The van der Waals surface area contributed by atoms with Crippen molar-refractivity contribution in [3.05, 3.63) is 90.6 Å². The highest BCUT2D eigenvalue weighted by Gasteiger charge is 2.17. The third-order valence-electron chi connectivity index (χ3n) is 4.87. The average molecular weight is 414 g/mol. The SMILES string of the molecule is COc1cccc(NC(=O)Cn2cc(C(=O)COc3ccccc3)c3ccccc32)c1. The van der Waals surface area contributed by atoms with E-state index in [1.807, 2.05) is 54.6 Å². The van der Waals surface area contributed by atoms with Crippen molar-refractivity contribution in [3.8, 4) is 11.5 Å². The fourth-order valence-corrected chi connectivity index (χ4v) is 3.40. The molecule has 6 nitrogen and oxygen atoms in total. The van der Waals surface area contributed by atoms with Crippen molar-refractivity contribution in [2.75, 3.05) is 19.0 Å². The maximum atomic E-state index is 12.8. The summed E-state index contributed by atoms with van der Waals surface area (Å²) in [6, 6.07) is 23.9. The van der Waals surface area contributed by atoms with E-state index >= 15 is 0 Å². The second-order valence-corrected chi connectivity index (χ2v) is 6.99. The number of anilines is 1. The normalized spacial score (nSPS) is 10.6. The van der Waals surface area contributed by atoms with Crippen LogP contribution in [0.3, 0.4) is 0 Å². The lowest BCUT2D eigenvalue weighted by Crippen LogP contribution is -2.18. The van der Waals surface area contributed by atoms with Crippen molar-refractivity contribution in [2.24, 2.45) is 0 Å². The number of para-hydroxylation sites is 2. The Kier molecular flexibility index (Phi) is 5.98. The minimum atomic E-state index is -0.200. The maximum Gasteiger partial charge on any atom is 0.244 e. The lowest BCUT2D eigenvalue weighted by Gasteiger charge is -2.08. The average Bonchev–Trinajstić information content (AvgIpc) is 3.16. The highest BCUT2D eigenvalue weighted by atomic mass is 16.5. The number of carbonyl (C=O) groups excluding carboxylic acids is 2. The van der Waals surface area contributed by atoms with Crippen molar-refractivity contribution < 1.29 is 19.1 Å². The van der Waals surface area contributed by atoms with E-state index in [2.05, 4.69) is 5.32 Å². The van der Waals surface area contributed by atoms with Crippen LogP contribution < -0.4 is 14.8 Å². The first-order valence-corrected chi connectivity index (χ1v) is 9.87. The van der Waals surface area contributed by atoms with E-state index in [-0.39, 0.29) is 24.8 Å². The molecule has 156 valence electrons. The molecular weight excluding hydrogens is 392 g/mol. The molecule has 6 heteroatoms. The number of ether oxygens (including phenoxy) is 2. The van der Waals surface area contributed by atoms with Crippen molar-refractivity contribution in [3.63, 3.8) is 0 Å². The van der Waals surface area contributed by atoms with Crippen molar-refractivity contribution in [1.82, 2.24) is 4.57 Å². The number of carbonyl (C=O) groups is 2. The molecule has 3 aromatic carbocycles. The first-order valence-electron chi connectivity index (χ1n) is 9.87. The zero-order valence-electron chi connectivity index (χ0n) is 17.1. The Labute approximate surface area is 180 Å². The zero-order valence-corrected chi connectivity index (χ0v) is 17.1. The lowest BCUT2D eigenvalue weighted by molar-refractivity contribution is -0.116. The molecule has 0 saturated carbocycles. The number of nitrogens with one attached hydrogen (secondary N) is 1. The predicted molar refractivity (Wildman–Crippen MR) is 120 cm³/mol. The van der Waals surface area contributed by atoms with Gasteiger partial charge in [0.15, 0.2) is 6.61 Å². The van der Waals surface area contributed by atoms with E-state index in [0.29, 0.717) is 22.7 Å². The number of benzene rings is 3. The molecule has 1 amide bonds.